The Kier molecular flexibility index (Phi) is 5.80. The molecule has 100 valence electrons. The molecule has 4 heteroatoms. The van der Waals surface area contributed by atoms with Gasteiger partial charge in [0.05, 0.1) is 5.54 Å². The van der Waals surface area contributed by atoms with Gasteiger partial charge in [-0.25, -0.2) is 0 Å². The van der Waals surface area contributed by atoms with Gasteiger partial charge in [0.25, 0.3) is 0 Å². The van der Waals surface area contributed by atoms with Gasteiger partial charge in [-0.3, -0.25) is 4.79 Å². The maximum Gasteiger partial charge on any atom is 0.237 e. The number of carbonyl (C=O) groups excluding carboxylic acids is 1. The zero-order chi connectivity index (χ0) is 12.9. The van der Waals surface area contributed by atoms with Crippen LogP contribution in [0.15, 0.2) is 0 Å². The molecule has 1 amide bonds. The minimum Gasteiger partial charge on any atom is -0.368 e. The minimum absolute atomic E-state index is 0.210. The predicted octanol–water partition coefficient (Wildman–Crippen LogP) is 2.29. The van der Waals surface area contributed by atoms with Crippen molar-refractivity contribution in [2.45, 2.75) is 69.7 Å². The molecule has 0 aliphatic heterocycles. The fraction of sp³-hybridized carbons (Fsp3) is 0.923. The highest BCUT2D eigenvalue weighted by atomic mass is 32.2. The number of primary amides is 1. The highest BCUT2D eigenvalue weighted by molar-refractivity contribution is 7.99. The number of hydrogen-bond acceptors (Lipinski definition) is 3. The van der Waals surface area contributed by atoms with Crippen molar-refractivity contribution in [3.05, 3.63) is 0 Å². The Morgan fingerprint density at radius 2 is 2.24 bits per heavy atom. The highest BCUT2D eigenvalue weighted by Gasteiger charge is 2.36. The lowest BCUT2D eigenvalue weighted by Gasteiger charge is -2.27. The van der Waals surface area contributed by atoms with E-state index in [9.17, 15) is 4.79 Å². The minimum atomic E-state index is -0.503. The molecule has 2 unspecified atom stereocenters. The number of carbonyl (C=O) groups is 1. The van der Waals surface area contributed by atoms with Crippen LogP contribution in [0.1, 0.15) is 52.9 Å². The van der Waals surface area contributed by atoms with E-state index in [4.69, 9.17) is 5.73 Å². The van der Waals surface area contributed by atoms with Crippen molar-refractivity contribution >= 4 is 17.7 Å². The van der Waals surface area contributed by atoms with E-state index in [2.05, 4.69) is 19.2 Å². The van der Waals surface area contributed by atoms with E-state index < -0.39 is 5.54 Å². The molecular formula is C13H26N2OS. The van der Waals surface area contributed by atoms with Crippen LogP contribution in [0.2, 0.25) is 0 Å². The molecule has 0 aromatic carbocycles. The van der Waals surface area contributed by atoms with Crippen molar-refractivity contribution < 1.29 is 4.79 Å². The van der Waals surface area contributed by atoms with E-state index >= 15 is 0 Å². The molecule has 0 aromatic heterocycles. The van der Waals surface area contributed by atoms with Crippen LogP contribution in [0, 0.1) is 0 Å². The summed E-state index contributed by atoms with van der Waals surface area (Å²) in [5, 5.41) is 4.10. The number of rotatable bonds is 9. The molecule has 0 bridgehead atoms. The molecule has 0 radical (unpaired) electrons. The van der Waals surface area contributed by atoms with Crippen LogP contribution in [0.25, 0.3) is 0 Å². The number of nitrogens with one attached hydrogen (secondary N) is 1. The SMILES string of the molecule is CCC(C)SCCCC(C)(NC1CC1)C(N)=O. The Labute approximate surface area is 109 Å². The van der Waals surface area contributed by atoms with Gasteiger partial charge in [-0.05, 0) is 44.8 Å². The summed E-state index contributed by atoms with van der Waals surface area (Å²) in [5.74, 6) is 0.905. The van der Waals surface area contributed by atoms with Gasteiger partial charge in [-0.1, -0.05) is 13.8 Å². The van der Waals surface area contributed by atoms with Crippen LogP contribution >= 0.6 is 11.8 Å². The molecule has 0 heterocycles. The lowest BCUT2D eigenvalue weighted by molar-refractivity contribution is -0.124. The monoisotopic (exact) mass is 258 g/mol. The Morgan fingerprint density at radius 1 is 1.59 bits per heavy atom. The third-order valence-corrected chi connectivity index (χ3v) is 4.87. The molecule has 3 N–H and O–H groups in total. The van der Waals surface area contributed by atoms with Gasteiger partial charge in [0.15, 0.2) is 0 Å². The average Bonchev–Trinajstić information content (AvgIpc) is 3.07. The van der Waals surface area contributed by atoms with Gasteiger partial charge >= 0.3 is 0 Å². The normalized spacial score (nSPS) is 20.9. The van der Waals surface area contributed by atoms with E-state index in [1.807, 2.05) is 18.7 Å². The quantitative estimate of drug-likeness (QED) is 0.624. The van der Waals surface area contributed by atoms with Gasteiger partial charge in [0, 0.05) is 11.3 Å². The number of amides is 1. The maximum absolute atomic E-state index is 11.5. The first-order valence-corrected chi connectivity index (χ1v) is 7.72. The molecule has 1 aliphatic rings. The number of thioether (sulfide) groups is 1. The second kappa shape index (κ2) is 6.64. The van der Waals surface area contributed by atoms with Crippen LogP contribution in [-0.2, 0) is 4.79 Å². The lowest BCUT2D eigenvalue weighted by atomic mass is 9.95. The maximum atomic E-state index is 11.5. The van der Waals surface area contributed by atoms with Crippen molar-refractivity contribution in [1.29, 1.82) is 0 Å². The van der Waals surface area contributed by atoms with E-state index in [-0.39, 0.29) is 5.91 Å². The molecule has 1 rings (SSSR count). The van der Waals surface area contributed by atoms with Crippen molar-refractivity contribution in [3.63, 3.8) is 0 Å². The summed E-state index contributed by atoms with van der Waals surface area (Å²) >= 11 is 1.98. The second-order valence-electron chi connectivity index (χ2n) is 5.31. The molecule has 1 saturated carbocycles. The van der Waals surface area contributed by atoms with Gasteiger partial charge in [-0.15, -0.1) is 0 Å². The smallest absolute Gasteiger partial charge is 0.237 e. The first-order valence-electron chi connectivity index (χ1n) is 6.67. The van der Waals surface area contributed by atoms with E-state index in [1.165, 1.54) is 19.3 Å². The van der Waals surface area contributed by atoms with E-state index in [0.717, 1.165) is 18.6 Å². The average molecular weight is 258 g/mol. The molecule has 1 fully saturated rings. The summed E-state index contributed by atoms with van der Waals surface area (Å²) < 4.78 is 0. The molecule has 0 spiro atoms. The molecule has 0 saturated heterocycles. The zero-order valence-corrected chi connectivity index (χ0v) is 12.1. The molecule has 1 aliphatic carbocycles. The Bertz CT molecular complexity index is 256. The molecule has 0 aromatic rings. The second-order valence-corrected chi connectivity index (χ2v) is 6.85. The third-order valence-electron chi connectivity index (χ3n) is 3.44. The van der Waals surface area contributed by atoms with Crippen LogP contribution in [0.3, 0.4) is 0 Å². The molecular weight excluding hydrogens is 232 g/mol. The number of nitrogens with two attached hydrogens (primary N) is 1. The Morgan fingerprint density at radius 3 is 2.71 bits per heavy atom. The fourth-order valence-electron chi connectivity index (χ4n) is 1.77. The summed E-state index contributed by atoms with van der Waals surface area (Å²) in [7, 11) is 0. The van der Waals surface area contributed by atoms with E-state index in [1.54, 1.807) is 0 Å². The fourth-order valence-corrected chi connectivity index (χ4v) is 2.72. The summed E-state index contributed by atoms with van der Waals surface area (Å²) in [4.78, 5) is 11.5. The largest absolute Gasteiger partial charge is 0.368 e. The highest BCUT2D eigenvalue weighted by Crippen LogP contribution is 2.25. The molecule has 3 nitrogen and oxygen atoms in total. The third kappa shape index (κ3) is 5.30. The van der Waals surface area contributed by atoms with Crippen LogP contribution < -0.4 is 11.1 Å². The lowest BCUT2D eigenvalue weighted by Crippen LogP contribution is -2.54. The summed E-state index contributed by atoms with van der Waals surface area (Å²) in [6.07, 6.45) is 5.48. The Hall–Kier alpha value is -0.220. The zero-order valence-electron chi connectivity index (χ0n) is 11.3. The molecule has 17 heavy (non-hydrogen) atoms. The van der Waals surface area contributed by atoms with Crippen molar-refractivity contribution in [3.8, 4) is 0 Å². The first kappa shape index (κ1) is 14.8. The standard InChI is InChI=1S/C13H26N2OS/c1-4-10(2)17-9-5-8-13(3,12(14)16)15-11-6-7-11/h10-11,15H,4-9H2,1-3H3,(H2,14,16). The summed E-state index contributed by atoms with van der Waals surface area (Å²) in [6.45, 7) is 6.40. The summed E-state index contributed by atoms with van der Waals surface area (Å²) in [5.41, 5.74) is 5.00. The topological polar surface area (TPSA) is 55.1 Å². The van der Waals surface area contributed by atoms with Crippen LogP contribution in [-0.4, -0.2) is 28.5 Å². The molecule has 2 atom stereocenters. The Balaban J connectivity index is 2.26. The van der Waals surface area contributed by atoms with Crippen LogP contribution in [0.4, 0.5) is 0 Å². The van der Waals surface area contributed by atoms with Crippen LogP contribution in [0.5, 0.6) is 0 Å². The van der Waals surface area contributed by atoms with Crippen molar-refractivity contribution in [1.82, 2.24) is 5.32 Å². The van der Waals surface area contributed by atoms with E-state index in [0.29, 0.717) is 11.3 Å². The number of hydrogen-bond donors (Lipinski definition) is 2. The van der Waals surface area contributed by atoms with Gasteiger partial charge in [0.1, 0.15) is 0 Å². The van der Waals surface area contributed by atoms with Gasteiger partial charge < -0.3 is 11.1 Å². The van der Waals surface area contributed by atoms with Gasteiger partial charge in [0.2, 0.25) is 5.91 Å². The van der Waals surface area contributed by atoms with Gasteiger partial charge in [-0.2, -0.15) is 11.8 Å². The first-order chi connectivity index (χ1) is 7.98. The van der Waals surface area contributed by atoms with Crippen molar-refractivity contribution in [2.75, 3.05) is 5.75 Å². The predicted molar refractivity (Wildman–Crippen MR) is 75.2 cm³/mol. The van der Waals surface area contributed by atoms with Crippen molar-refractivity contribution in [2.24, 2.45) is 5.73 Å². The summed E-state index contributed by atoms with van der Waals surface area (Å²) in [6, 6.07) is 0.523.